The number of benzene rings is 3. The van der Waals surface area contributed by atoms with Crippen molar-refractivity contribution in [3.05, 3.63) is 101 Å². The molecule has 0 heterocycles. The summed E-state index contributed by atoms with van der Waals surface area (Å²) < 4.78 is 24.8. The van der Waals surface area contributed by atoms with Crippen LogP contribution in [0.25, 0.3) is 0 Å². The van der Waals surface area contributed by atoms with Crippen molar-refractivity contribution in [3.8, 4) is 0 Å². The van der Waals surface area contributed by atoms with E-state index in [1.165, 1.54) is 29.2 Å². The molecule has 0 aliphatic heterocycles. The Kier molecular flexibility index (Phi) is 10.3. The lowest BCUT2D eigenvalue weighted by Crippen LogP contribution is -2.43. The Labute approximate surface area is 251 Å². The van der Waals surface area contributed by atoms with E-state index in [-0.39, 0.29) is 30.7 Å². The molecule has 9 heteroatoms. The minimum absolute atomic E-state index is 0.0662. The van der Waals surface area contributed by atoms with E-state index in [1.54, 1.807) is 57.2 Å². The van der Waals surface area contributed by atoms with Crippen molar-refractivity contribution < 1.29 is 28.2 Å². The second kappa shape index (κ2) is 14.1. The van der Waals surface area contributed by atoms with E-state index < -0.39 is 29.5 Å². The number of aliphatic imine (C=N–C) groups is 1. The number of ether oxygens (including phenoxy) is 2. The van der Waals surface area contributed by atoms with Crippen molar-refractivity contribution in [2.45, 2.75) is 77.2 Å². The summed E-state index contributed by atoms with van der Waals surface area (Å²) in [5, 5.41) is 0. The molecule has 1 atom stereocenters. The first-order valence-electron chi connectivity index (χ1n) is 14.4. The molecule has 0 aromatic heterocycles. The number of halogens is 1. The maximum Gasteiger partial charge on any atom is 0.411 e. The van der Waals surface area contributed by atoms with Gasteiger partial charge in [-0.15, -0.1) is 0 Å². The lowest BCUT2D eigenvalue weighted by atomic mass is 10.0. The number of amidine groups is 1. The van der Waals surface area contributed by atoms with Crippen LogP contribution in [0, 0.1) is 5.82 Å². The number of esters is 1. The predicted molar refractivity (Wildman–Crippen MR) is 162 cm³/mol. The number of carbonyl (C=O) groups is 3. The average Bonchev–Trinajstić information content (AvgIpc) is 3.46. The van der Waals surface area contributed by atoms with Crippen LogP contribution < -0.4 is 5.73 Å². The topological polar surface area (TPSA) is 111 Å². The molecule has 43 heavy (non-hydrogen) atoms. The second-order valence-corrected chi connectivity index (χ2v) is 11.6. The molecule has 0 spiro atoms. The van der Waals surface area contributed by atoms with Gasteiger partial charge in [0.2, 0.25) is 0 Å². The van der Waals surface area contributed by atoms with Crippen LogP contribution in [-0.4, -0.2) is 40.3 Å². The molecule has 0 bridgehead atoms. The lowest BCUT2D eigenvalue weighted by molar-refractivity contribution is -0.155. The highest BCUT2D eigenvalue weighted by Gasteiger charge is 2.37. The molecular formula is C34H38FN3O5. The molecule has 1 aliphatic carbocycles. The standard InChI is InChI=1S/C34H38FN3O5/c1-34(2,3)43-33(41)38(31(25-9-5-4-6-10-25)32(40)42-28-11-7-8-12-28)22-23-13-19-27(20-14-23)37-30(36)21-29(39)24-15-17-26(35)18-16-24/h4-6,9-10,13-20,28,31H,7-8,11-12,21-22H2,1-3H3,(H2,36,37)/t31-/m0/s1. The zero-order valence-electron chi connectivity index (χ0n) is 24.8. The summed E-state index contributed by atoms with van der Waals surface area (Å²) in [6.07, 6.45) is 2.68. The quantitative estimate of drug-likeness (QED) is 0.118. The first-order valence-corrected chi connectivity index (χ1v) is 14.4. The molecule has 226 valence electrons. The molecule has 3 aromatic carbocycles. The van der Waals surface area contributed by atoms with Crippen LogP contribution in [0.2, 0.25) is 0 Å². The van der Waals surface area contributed by atoms with E-state index in [0.29, 0.717) is 16.8 Å². The molecule has 3 aromatic rings. The predicted octanol–water partition coefficient (Wildman–Crippen LogP) is 7.05. The Hall–Kier alpha value is -4.53. The number of amides is 1. The Morgan fingerprint density at radius 2 is 1.58 bits per heavy atom. The van der Waals surface area contributed by atoms with Gasteiger partial charge in [-0.1, -0.05) is 42.5 Å². The average molecular weight is 588 g/mol. The second-order valence-electron chi connectivity index (χ2n) is 11.6. The molecule has 0 radical (unpaired) electrons. The highest BCUT2D eigenvalue weighted by atomic mass is 19.1. The van der Waals surface area contributed by atoms with E-state index >= 15 is 0 Å². The third-order valence-electron chi connectivity index (χ3n) is 6.93. The zero-order chi connectivity index (χ0) is 31.0. The van der Waals surface area contributed by atoms with Gasteiger partial charge in [-0.2, -0.15) is 0 Å². The first kappa shape index (κ1) is 31.4. The van der Waals surface area contributed by atoms with Crippen molar-refractivity contribution in [2.75, 3.05) is 0 Å². The van der Waals surface area contributed by atoms with Crippen LogP contribution >= 0.6 is 0 Å². The van der Waals surface area contributed by atoms with Crippen molar-refractivity contribution >= 4 is 29.4 Å². The largest absolute Gasteiger partial charge is 0.461 e. The SMILES string of the molecule is CC(C)(C)OC(=O)N(Cc1ccc(N=C(N)CC(=O)c2ccc(F)cc2)cc1)[C@H](C(=O)OC1CCCC1)c1ccccc1. The number of hydrogen-bond donors (Lipinski definition) is 1. The summed E-state index contributed by atoms with van der Waals surface area (Å²) in [4.78, 5) is 45.4. The number of rotatable bonds is 10. The number of hydrogen-bond acceptors (Lipinski definition) is 6. The highest BCUT2D eigenvalue weighted by Crippen LogP contribution is 2.30. The number of nitrogens with zero attached hydrogens (tertiary/aromatic N) is 2. The highest BCUT2D eigenvalue weighted by molar-refractivity contribution is 6.09. The van der Waals surface area contributed by atoms with Crippen LogP contribution in [0.4, 0.5) is 14.9 Å². The van der Waals surface area contributed by atoms with Crippen molar-refractivity contribution in [3.63, 3.8) is 0 Å². The Morgan fingerprint density at radius 1 is 0.953 bits per heavy atom. The van der Waals surface area contributed by atoms with E-state index in [1.807, 2.05) is 18.2 Å². The number of ketones is 1. The summed E-state index contributed by atoms with van der Waals surface area (Å²) in [7, 11) is 0. The van der Waals surface area contributed by atoms with E-state index in [2.05, 4.69) is 4.99 Å². The molecule has 1 amide bonds. The fourth-order valence-corrected chi connectivity index (χ4v) is 4.88. The molecule has 2 N–H and O–H groups in total. The monoisotopic (exact) mass is 587 g/mol. The van der Waals surface area contributed by atoms with Gasteiger partial charge in [0, 0.05) is 5.56 Å². The normalized spacial score (nSPS) is 14.7. The molecule has 1 aliphatic rings. The van der Waals surface area contributed by atoms with Gasteiger partial charge in [-0.05, 0) is 94.0 Å². The van der Waals surface area contributed by atoms with Gasteiger partial charge in [-0.25, -0.2) is 19.0 Å². The Bertz CT molecular complexity index is 1430. The number of nitrogens with two attached hydrogens (primary N) is 1. The maximum absolute atomic E-state index is 13.6. The van der Waals surface area contributed by atoms with Crippen LogP contribution in [0.15, 0.2) is 83.9 Å². The van der Waals surface area contributed by atoms with Crippen LogP contribution in [0.5, 0.6) is 0 Å². The molecule has 1 saturated carbocycles. The van der Waals surface area contributed by atoms with Crippen LogP contribution in [0.3, 0.4) is 0 Å². The third kappa shape index (κ3) is 9.23. The Balaban J connectivity index is 1.56. The maximum atomic E-state index is 13.6. The Morgan fingerprint density at radius 3 is 2.19 bits per heavy atom. The summed E-state index contributed by atoms with van der Waals surface area (Å²) in [5.41, 5.74) is 7.44. The molecule has 8 nitrogen and oxygen atoms in total. The third-order valence-corrected chi connectivity index (χ3v) is 6.93. The molecule has 0 unspecified atom stereocenters. The van der Waals surface area contributed by atoms with Crippen LogP contribution in [0.1, 0.15) is 80.4 Å². The fourth-order valence-electron chi connectivity index (χ4n) is 4.88. The number of Topliss-reactive ketones (excluding diaryl/α,β-unsaturated/α-hetero) is 1. The van der Waals surface area contributed by atoms with Crippen molar-refractivity contribution in [1.82, 2.24) is 4.90 Å². The van der Waals surface area contributed by atoms with Gasteiger partial charge in [-0.3, -0.25) is 9.69 Å². The van der Waals surface area contributed by atoms with Crippen molar-refractivity contribution in [2.24, 2.45) is 10.7 Å². The van der Waals surface area contributed by atoms with Gasteiger partial charge < -0.3 is 15.2 Å². The minimum Gasteiger partial charge on any atom is -0.461 e. The summed E-state index contributed by atoms with van der Waals surface area (Å²) in [6.45, 7) is 5.39. The van der Waals surface area contributed by atoms with Gasteiger partial charge in [0.25, 0.3) is 0 Å². The number of carbonyl (C=O) groups excluding carboxylic acids is 3. The minimum atomic E-state index is -1.01. The zero-order valence-corrected chi connectivity index (χ0v) is 24.8. The summed E-state index contributed by atoms with van der Waals surface area (Å²) >= 11 is 0. The molecule has 1 fully saturated rings. The van der Waals surface area contributed by atoms with Gasteiger partial charge in [0.05, 0.1) is 18.7 Å². The van der Waals surface area contributed by atoms with Gasteiger partial charge in [0.1, 0.15) is 23.4 Å². The van der Waals surface area contributed by atoms with Crippen LogP contribution in [-0.2, 0) is 20.8 Å². The smallest absolute Gasteiger partial charge is 0.411 e. The van der Waals surface area contributed by atoms with E-state index in [0.717, 1.165) is 31.2 Å². The summed E-state index contributed by atoms with van der Waals surface area (Å²) in [6, 6.07) is 20.3. The summed E-state index contributed by atoms with van der Waals surface area (Å²) in [5.74, 6) is -1.09. The molecular weight excluding hydrogens is 549 g/mol. The van der Waals surface area contributed by atoms with E-state index in [9.17, 15) is 18.8 Å². The van der Waals surface area contributed by atoms with Crippen molar-refractivity contribution in [1.29, 1.82) is 0 Å². The molecule has 4 rings (SSSR count). The molecule has 0 saturated heterocycles. The van der Waals surface area contributed by atoms with Gasteiger partial charge >= 0.3 is 12.1 Å². The fraction of sp³-hybridized carbons (Fsp3) is 0.353. The van der Waals surface area contributed by atoms with E-state index in [4.69, 9.17) is 15.2 Å². The lowest BCUT2D eigenvalue weighted by Gasteiger charge is -2.33. The first-order chi connectivity index (χ1) is 20.5. The van der Waals surface area contributed by atoms with Gasteiger partial charge in [0.15, 0.2) is 11.8 Å².